The summed E-state index contributed by atoms with van der Waals surface area (Å²) in [5, 5.41) is 9.07. The van der Waals surface area contributed by atoms with E-state index < -0.39 is 12.1 Å². The van der Waals surface area contributed by atoms with Gasteiger partial charge >= 0.3 is 6.18 Å². The molecule has 17 heavy (non-hydrogen) atoms. The predicted molar refractivity (Wildman–Crippen MR) is 57.3 cm³/mol. The summed E-state index contributed by atoms with van der Waals surface area (Å²) in [4.78, 5) is 3.99. The fourth-order valence-electron chi connectivity index (χ4n) is 1.94. The van der Waals surface area contributed by atoms with Gasteiger partial charge in [-0.1, -0.05) is 6.08 Å². The van der Waals surface area contributed by atoms with Crippen molar-refractivity contribution in [2.45, 2.75) is 25.4 Å². The van der Waals surface area contributed by atoms with Gasteiger partial charge in [-0.05, 0) is 37.0 Å². The van der Waals surface area contributed by atoms with E-state index in [1.165, 1.54) is 12.3 Å². The van der Waals surface area contributed by atoms with Crippen LogP contribution < -0.4 is 0 Å². The lowest BCUT2D eigenvalue weighted by Gasteiger charge is -2.23. The Labute approximate surface area is 96.8 Å². The molecule has 0 spiro atoms. The Bertz CT molecular complexity index is 422. The Morgan fingerprint density at radius 2 is 2.06 bits per heavy atom. The van der Waals surface area contributed by atoms with Crippen LogP contribution in [0.3, 0.4) is 0 Å². The fourth-order valence-corrected chi connectivity index (χ4v) is 1.94. The molecular formula is C12H12F3NO. The van der Waals surface area contributed by atoms with Crippen LogP contribution in [0.2, 0.25) is 0 Å². The molecule has 0 radical (unpaired) electrons. The van der Waals surface area contributed by atoms with E-state index >= 15 is 0 Å². The van der Waals surface area contributed by atoms with E-state index in [1.807, 2.05) is 0 Å². The first kappa shape index (κ1) is 12.0. The van der Waals surface area contributed by atoms with E-state index in [1.54, 1.807) is 12.1 Å². The number of hydrogen-bond donors (Lipinski definition) is 1. The lowest BCUT2D eigenvalue weighted by Crippen LogP contribution is -2.24. The Kier molecular flexibility index (Phi) is 3.09. The SMILES string of the molecule is Oc1ccc(C2=CCC(C(F)(F)F)CC2)nc1. The predicted octanol–water partition coefficient (Wildman–Crippen LogP) is 3.53. The number of hydrogen-bond acceptors (Lipinski definition) is 2. The zero-order chi connectivity index (χ0) is 12.5. The minimum atomic E-state index is -4.11. The standard InChI is InChI=1S/C12H12F3NO/c13-12(14,15)9-3-1-8(2-4-9)11-6-5-10(17)7-16-11/h1,5-7,9,17H,2-4H2. The third-order valence-electron chi connectivity index (χ3n) is 2.95. The van der Waals surface area contributed by atoms with Gasteiger partial charge in [0, 0.05) is 0 Å². The van der Waals surface area contributed by atoms with Gasteiger partial charge in [-0.15, -0.1) is 0 Å². The first-order valence-electron chi connectivity index (χ1n) is 5.38. The Morgan fingerprint density at radius 1 is 1.29 bits per heavy atom. The number of aromatic hydroxyl groups is 1. The molecule has 0 aliphatic heterocycles. The summed E-state index contributed by atoms with van der Waals surface area (Å²) in [7, 11) is 0. The zero-order valence-electron chi connectivity index (χ0n) is 9.04. The first-order valence-corrected chi connectivity index (χ1v) is 5.38. The summed E-state index contributed by atoms with van der Waals surface area (Å²) >= 11 is 0. The lowest BCUT2D eigenvalue weighted by molar-refractivity contribution is -0.175. The lowest BCUT2D eigenvalue weighted by atomic mass is 9.88. The Morgan fingerprint density at radius 3 is 2.53 bits per heavy atom. The van der Waals surface area contributed by atoms with Gasteiger partial charge in [0.1, 0.15) is 5.75 Å². The summed E-state index contributed by atoms with van der Waals surface area (Å²) in [5.74, 6) is -1.18. The summed E-state index contributed by atoms with van der Waals surface area (Å²) in [6.07, 6.45) is -0.710. The van der Waals surface area contributed by atoms with E-state index in [4.69, 9.17) is 5.11 Å². The molecular weight excluding hydrogens is 231 g/mol. The van der Waals surface area contributed by atoms with Crippen LogP contribution in [0.1, 0.15) is 25.0 Å². The van der Waals surface area contributed by atoms with Crippen LogP contribution >= 0.6 is 0 Å². The van der Waals surface area contributed by atoms with Gasteiger partial charge in [-0.3, -0.25) is 4.98 Å². The molecule has 0 aromatic carbocycles. The van der Waals surface area contributed by atoms with Crippen molar-refractivity contribution in [3.63, 3.8) is 0 Å². The van der Waals surface area contributed by atoms with Crippen LogP contribution in [0.4, 0.5) is 13.2 Å². The molecule has 1 heterocycles. The van der Waals surface area contributed by atoms with Crippen molar-refractivity contribution in [3.8, 4) is 5.75 Å². The highest BCUT2D eigenvalue weighted by molar-refractivity contribution is 5.63. The van der Waals surface area contributed by atoms with Gasteiger partial charge in [0.15, 0.2) is 0 Å². The number of alkyl halides is 3. The van der Waals surface area contributed by atoms with E-state index in [-0.39, 0.29) is 18.6 Å². The van der Waals surface area contributed by atoms with E-state index in [0.29, 0.717) is 12.1 Å². The minimum Gasteiger partial charge on any atom is -0.506 e. The van der Waals surface area contributed by atoms with Crippen molar-refractivity contribution in [3.05, 3.63) is 30.1 Å². The van der Waals surface area contributed by atoms with Gasteiger partial charge in [-0.25, -0.2) is 0 Å². The molecule has 1 unspecified atom stereocenters. The second kappa shape index (κ2) is 4.39. The molecule has 0 saturated carbocycles. The van der Waals surface area contributed by atoms with Crippen LogP contribution in [0.5, 0.6) is 5.75 Å². The largest absolute Gasteiger partial charge is 0.506 e. The smallest absolute Gasteiger partial charge is 0.392 e. The topological polar surface area (TPSA) is 33.1 Å². The zero-order valence-corrected chi connectivity index (χ0v) is 9.04. The molecule has 0 amide bonds. The number of pyridine rings is 1. The van der Waals surface area contributed by atoms with Crippen LogP contribution in [0.25, 0.3) is 5.57 Å². The Balaban J connectivity index is 2.11. The third-order valence-corrected chi connectivity index (χ3v) is 2.95. The summed E-state index contributed by atoms with van der Waals surface area (Å²) in [6.45, 7) is 0. The van der Waals surface area contributed by atoms with Gasteiger partial charge in [0.05, 0.1) is 17.8 Å². The van der Waals surface area contributed by atoms with E-state index in [9.17, 15) is 13.2 Å². The van der Waals surface area contributed by atoms with Crippen molar-refractivity contribution in [2.24, 2.45) is 5.92 Å². The molecule has 0 saturated heterocycles. The maximum absolute atomic E-state index is 12.4. The normalized spacial score (nSPS) is 21.1. The van der Waals surface area contributed by atoms with Gasteiger partial charge in [-0.2, -0.15) is 13.2 Å². The molecule has 2 rings (SSSR count). The summed E-state index contributed by atoms with van der Waals surface area (Å²) in [6, 6.07) is 3.11. The highest BCUT2D eigenvalue weighted by atomic mass is 19.4. The van der Waals surface area contributed by atoms with Crippen LogP contribution in [0.15, 0.2) is 24.4 Å². The van der Waals surface area contributed by atoms with Gasteiger partial charge in [0.25, 0.3) is 0 Å². The quantitative estimate of drug-likeness (QED) is 0.818. The van der Waals surface area contributed by atoms with E-state index in [0.717, 1.165) is 5.57 Å². The third kappa shape index (κ3) is 2.78. The number of rotatable bonds is 1. The Hall–Kier alpha value is -1.52. The van der Waals surface area contributed by atoms with Crippen molar-refractivity contribution < 1.29 is 18.3 Å². The molecule has 1 atom stereocenters. The van der Waals surface area contributed by atoms with Gasteiger partial charge in [0.2, 0.25) is 0 Å². The molecule has 1 N–H and O–H groups in total. The highest BCUT2D eigenvalue weighted by Gasteiger charge is 2.39. The molecule has 0 bridgehead atoms. The minimum absolute atomic E-state index is 0.0153. The average Bonchev–Trinajstić information content (AvgIpc) is 2.29. The highest BCUT2D eigenvalue weighted by Crippen LogP contribution is 2.38. The van der Waals surface area contributed by atoms with Crippen molar-refractivity contribution in [1.82, 2.24) is 4.98 Å². The fraction of sp³-hybridized carbons (Fsp3) is 0.417. The number of nitrogens with zero attached hydrogens (tertiary/aromatic N) is 1. The van der Waals surface area contributed by atoms with Crippen molar-refractivity contribution in [2.75, 3.05) is 0 Å². The monoisotopic (exact) mass is 243 g/mol. The molecule has 92 valence electrons. The van der Waals surface area contributed by atoms with Crippen molar-refractivity contribution >= 4 is 5.57 Å². The molecule has 1 aromatic heterocycles. The maximum Gasteiger partial charge on any atom is 0.392 e. The number of allylic oxidation sites excluding steroid dienone is 2. The molecule has 2 nitrogen and oxygen atoms in total. The molecule has 0 fully saturated rings. The van der Waals surface area contributed by atoms with Crippen LogP contribution in [-0.2, 0) is 0 Å². The molecule has 5 heteroatoms. The van der Waals surface area contributed by atoms with Crippen LogP contribution in [-0.4, -0.2) is 16.3 Å². The number of halogens is 3. The first-order chi connectivity index (χ1) is 7.97. The van der Waals surface area contributed by atoms with Gasteiger partial charge < -0.3 is 5.11 Å². The summed E-state index contributed by atoms with van der Waals surface area (Å²) < 4.78 is 37.3. The maximum atomic E-state index is 12.4. The second-order valence-electron chi connectivity index (χ2n) is 4.14. The van der Waals surface area contributed by atoms with Crippen molar-refractivity contribution in [1.29, 1.82) is 0 Å². The molecule has 1 aliphatic rings. The summed E-state index contributed by atoms with van der Waals surface area (Å²) in [5.41, 5.74) is 1.47. The molecule has 1 aliphatic carbocycles. The second-order valence-corrected chi connectivity index (χ2v) is 4.14. The number of aromatic nitrogens is 1. The van der Waals surface area contributed by atoms with Crippen LogP contribution in [0, 0.1) is 5.92 Å². The molecule has 1 aromatic rings. The van der Waals surface area contributed by atoms with E-state index in [2.05, 4.69) is 4.98 Å². The average molecular weight is 243 g/mol.